The minimum absolute atomic E-state index is 0.00224. The summed E-state index contributed by atoms with van der Waals surface area (Å²) in [6.45, 7) is 1.17. The van der Waals surface area contributed by atoms with Gasteiger partial charge in [-0.15, -0.1) is 0 Å². The second-order valence-corrected chi connectivity index (χ2v) is 5.58. The van der Waals surface area contributed by atoms with Crippen molar-refractivity contribution in [3.8, 4) is 0 Å². The fourth-order valence-corrected chi connectivity index (χ4v) is 2.85. The molecule has 0 aromatic carbocycles. The van der Waals surface area contributed by atoms with Gasteiger partial charge in [-0.1, -0.05) is 0 Å². The molecule has 2 heterocycles. The molecule has 0 spiro atoms. The van der Waals surface area contributed by atoms with Crippen LogP contribution in [-0.2, 0) is 20.9 Å². The number of amides is 1. The van der Waals surface area contributed by atoms with E-state index in [2.05, 4.69) is 0 Å². The first-order valence-electron chi connectivity index (χ1n) is 7.70. The van der Waals surface area contributed by atoms with E-state index >= 15 is 0 Å². The fourth-order valence-electron chi connectivity index (χ4n) is 2.85. The molecule has 2 rings (SSSR count). The molecule has 1 saturated heterocycles. The smallest absolute Gasteiger partial charge is 0.303 e. The van der Waals surface area contributed by atoms with Gasteiger partial charge in [0.05, 0.1) is 6.04 Å². The number of rotatable bonds is 8. The van der Waals surface area contributed by atoms with E-state index in [9.17, 15) is 9.59 Å². The first kappa shape index (κ1) is 16.5. The predicted molar refractivity (Wildman–Crippen MR) is 79.2 cm³/mol. The number of carbonyl (C=O) groups excluding carboxylic acids is 1. The Morgan fingerprint density at radius 1 is 1.36 bits per heavy atom. The van der Waals surface area contributed by atoms with Crippen molar-refractivity contribution < 1.29 is 23.8 Å². The van der Waals surface area contributed by atoms with Crippen molar-refractivity contribution in [2.75, 3.05) is 13.7 Å². The van der Waals surface area contributed by atoms with E-state index < -0.39 is 5.97 Å². The third-order valence-corrected chi connectivity index (χ3v) is 3.90. The topological polar surface area (TPSA) is 80.0 Å². The Morgan fingerprint density at radius 2 is 2.14 bits per heavy atom. The van der Waals surface area contributed by atoms with Crippen LogP contribution in [0, 0.1) is 0 Å². The number of nitrogens with zero attached hydrogens (tertiary/aromatic N) is 1. The van der Waals surface area contributed by atoms with Crippen LogP contribution in [-0.4, -0.2) is 35.5 Å². The third-order valence-electron chi connectivity index (χ3n) is 3.90. The van der Waals surface area contributed by atoms with Crippen LogP contribution in [0.15, 0.2) is 16.5 Å². The largest absolute Gasteiger partial charge is 0.481 e. The maximum atomic E-state index is 12.3. The molecule has 0 saturated carbocycles. The number of carbonyl (C=O) groups is 2. The highest BCUT2D eigenvalue weighted by atomic mass is 16.5. The van der Waals surface area contributed by atoms with Gasteiger partial charge in [-0.3, -0.25) is 9.59 Å². The molecule has 6 heteroatoms. The molecule has 22 heavy (non-hydrogen) atoms. The van der Waals surface area contributed by atoms with Crippen molar-refractivity contribution in [3.63, 3.8) is 0 Å². The minimum Gasteiger partial charge on any atom is -0.481 e. The number of ether oxygens (including phenoxy) is 1. The standard InChI is InChI=1S/C16H23NO5/c1-21-11-12-8-9-14(22-12)13-5-4-10-17(13)15(18)6-2-3-7-16(19)20/h8-9,13H,2-7,10-11H2,1H3,(H,19,20). The maximum absolute atomic E-state index is 12.3. The normalized spacial score (nSPS) is 17.9. The molecular formula is C16H23NO5. The van der Waals surface area contributed by atoms with Gasteiger partial charge < -0.3 is 19.2 Å². The monoisotopic (exact) mass is 309 g/mol. The van der Waals surface area contributed by atoms with Gasteiger partial charge in [0.2, 0.25) is 5.91 Å². The highest BCUT2D eigenvalue weighted by molar-refractivity contribution is 5.77. The zero-order valence-corrected chi connectivity index (χ0v) is 12.9. The van der Waals surface area contributed by atoms with E-state index in [1.54, 1.807) is 7.11 Å². The predicted octanol–water partition coefficient (Wildman–Crippen LogP) is 2.73. The van der Waals surface area contributed by atoms with E-state index in [4.69, 9.17) is 14.3 Å². The molecule has 1 fully saturated rings. The van der Waals surface area contributed by atoms with Crippen molar-refractivity contribution in [3.05, 3.63) is 23.7 Å². The van der Waals surface area contributed by atoms with E-state index in [1.165, 1.54) is 0 Å². The van der Waals surface area contributed by atoms with Crippen molar-refractivity contribution in [1.29, 1.82) is 0 Å². The molecule has 1 aliphatic heterocycles. The molecule has 1 aliphatic rings. The highest BCUT2D eigenvalue weighted by Gasteiger charge is 2.31. The lowest BCUT2D eigenvalue weighted by atomic mass is 10.1. The summed E-state index contributed by atoms with van der Waals surface area (Å²) in [4.78, 5) is 24.7. The van der Waals surface area contributed by atoms with E-state index in [0.29, 0.717) is 25.9 Å². The molecular weight excluding hydrogens is 286 g/mol. The Kier molecular flexibility index (Phi) is 6.00. The van der Waals surface area contributed by atoms with Gasteiger partial charge in [-0.25, -0.2) is 0 Å². The summed E-state index contributed by atoms with van der Waals surface area (Å²) in [6.07, 6.45) is 3.54. The number of hydrogen-bond acceptors (Lipinski definition) is 4. The van der Waals surface area contributed by atoms with Crippen LogP contribution < -0.4 is 0 Å². The summed E-state index contributed by atoms with van der Waals surface area (Å²) in [5, 5.41) is 8.61. The number of carboxylic acids is 1. The quantitative estimate of drug-likeness (QED) is 0.747. The highest BCUT2D eigenvalue weighted by Crippen LogP contribution is 2.33. The van der Waals surface area contributed by atoms with E-state index in [0.717, 1.165) is 30.9 Å². The van der Waals surface area contributed by atoms with Crippen LogP contribution in [0.2, 0.25) is 0 Å². The van der Waals surface area contributed by atoms with Crippen LogP contribution in [0.5, 0.6) is 0 Å². The summed E-state index contributed by atoms with van der Waals surface area (Å²) < 4.78 is 10.8. The molecule has 6 nitrogen and oxygen atoms in total. The van der Waals surface area contributed by atoms with Gasteiger partial charge in [0.15, 0.2) is 0 Å². The number of unbranched alkanes of at least 4 members (excludes halogenated alkanes) is 1. The van der Waals surface area contributed by atoms with Crippen LogP contribution >= 0.6 is 0 Å². The van der Waals surface area contributed by atoms with Gasteiger partial charge in [0, 0.05) is 26.5 Å². The molecule has 1 N–H and O–H groups in total. The lowest BCUT2D eigenvalue weighted by Crippen LogP contribution is -2.30. The van der Waals surface area contributed by atoms with Crippen LogP contribution in [0.3, 0.4) is 0 Å². The number of furan rings is 1. The Morgan fingerprint density at radius 3 is 2.86 bits per heavy atom. The van der Waals surface area contributed by atoms with Gasteiger partial charge >= 0.3 is 5.97 Å². The molecule has 0 bridgehead atoms. The molecule has 0 aliphatic carbocycles. The van der Waals surface area contributed by atoms with E-state index in [1.807, 2.05) is 17.0 Å². The van der Waals surface area contributed by atoms with Crippen LogP contribution in [0.1, 0.15) is 56.1 Å². The molecule has 1 unspecified atom stereocenters. The summed E-state index contributed by atoms with van der Waals surface area (Å²) in [5.74, 6) is 0.840. The lowest BCUT2D eigenvalue weighted by Gasteiger charge is -2.23. The molecule has 0 radical (unpaired) electrons. The van der Waals surface area contributed by atoms with Gasteiger partial charge in [-0.2, -0.15) is 0 Å². The molecule has 1 amide bonds. The Hall–Kier alpha value is -1.82. The SMILES string of the molecule is COCc1ccc(C2CCCN2C(=O)CCCCC(=O)O)o1. The van der Waals surface area contributed by atoms with Crippen molar-refractivity contribution >= 4 is 11.9 Å². The van der Waals surface area contributed by atoms with Gasteiger partial charge in [-0.05, 0) is 37.8 Å². The number of carboxylic acid groups (broad SMARTS) is 1. The van der Waals surface area contributed by atoms with Crippen molar-refractivity contribution in [1.82, 2.24) is 4.90 Å². The number of likely N-dealkylation sites (tertiary alicyclic amines) is 1. The average molecular weight is 309 g/mol. The lowest BCUT2D eigenvalue weighted by molar-refractivity contribution is -0.137. The number of methoxy groups -OCH3 is 1. The Labute approximate surface area is 130 Å². The van der Waals surface area contributed by atoms with Crippen molar-refractivity contribution in [2.45, 2.75) is 51.2 Å². The second kappa shape index (κ2) is 7.98. The molecule has 1 aromatic rings. The number of hydrogen-bond donors (Lipinski definition) is 1. The van der Waals surface area contributed by atoms with Crippen LogP contribution in [0.25, 0.3) is 0 Å². The second-order valence-electron chi connectivity index (χ2n) is 5.58. The summed E-state index contributed by atoms with van der Waals surface area (Å²) in [7, 11) is 1.62. The molecule has 1 aromatic heterocycles. The average Bonchev–Trinajstić information content (AvgIpc) is 3.11. The summed E-state index contributed by atoms with van der Waals surface area (Å²) in [6, 6.07) is 3.79. The summed E-state index contributed by atoms with van der Waals surface area (Å²) >= 11 is 0. The Bertz CT molecular complexity index is 510. The molecule has 1 atom stereocenters. The molecule has 122 valence electrons. The van der Waals surface area contributed by atoms with Gasteiger partial charge in [0.1, 0.15) is 18.1 Å². The minimum atomic E-state index is -0.812. The maximum Gasteiger partial charge on any atom is 0.303 e. The zero-order chi connectivity index (χ0) is 15.9. The zero-order valence-electron chi connectivity index (χ0n) is 12.9. The number of aliphatic carboxylic acids is 1. The Balaban J connectivity index is 1.88. The first-order chi connectivity index (χ1) is 10.6. The third kappa shape index (κ3) is 4.34. The van der Waals surface area contributed by atoms with Gasteiger partial charge in [0.25, 0.3) is 0 Å². The van der Waals surface area contributed by atoms with Crippen LogP contribution in [0.4, 0.5) is 0 Å². The summed E-state index contributed by atoms with van der Waals surface area (Å²) in [5.41, 5.74) is 0. The fraction of sp³-hybridized carbons (Fsp3) is 0.625. The van der Waals surface area contributed by atoms with Crippen molar-refractivity contribution in [2.24, 2.45) is 0 Å². The first-order valence-corrected chi connectivity index (χ1v) is 7.70. The van der Waals surface area contributed by atoms with E-state index in [-0.39, 0.29) is 18.4 Å².